The van der Waals surface area contributed by atoms with E-state index in [4.69, 9.17) is 21.1 Å². The first kappa shape index (κ1) is 15.3. The van der Waals surface area contributed by atoms with Crippen molar-refractivity contribution in [3.8, 4) is 0 Å². The summed E-state index contributed by atoms with van der Waals surface area (Å²) in [6, 6.07) is -2.07. The zero-order valence-electron chi connectivity index (χ0n) is 9.13. The van der Waals surface area contributed by atoms with Crippen molar-refractivity contribution in [2.45, 2.75) is 31.3 Å². The number of hydrogen-bond donors (Lipinski definition) is 5. The minimum atomic E-state index is -1.17. The van der Waals surface area contributed by atoms with Gasteiger partial charge < -0.3 is 26.4 Å². The Labute approximate surface area is 97.4 Å². The number of nitrogens with one attached hydrogen (secondary N) is 1. The van der Waals surface area contributed by atoms with Crippen LogP contribution in [0.15, 0.2) is 0 Å². The topological polar surface area (TPSA) is 150 Å². The second-order valence-corrected chi connectivity index (χ2v) is 3.51. The normalized spacial score (nSPS) is 13.9. The molecular weight excluding hydrogens is 232 g/mol. The Bertz CT molecular complexity index is 293. The van der Waals surface area contributed by atoms with Crippen molar-refractivity contribution in [1.82, 2.24) is 5.32 Å². The van der Waals surface area contributed by atoms with Gasteiger partial charge in [0.05, 0.1) is 0 Å². The van der Waals surface area contributed by atoms with Crippen LogP contribution >= 0.6 is 0 Å². The Morgan fingerprint density at radius 3 is 2.06 bits per heavy atom. The standard InChI is InChI=1S/C9H16N2O6/c10-5(8(14)15)3-4-11-6(9(16)17)1-2-7(12)13/h5-6,11H,1-4,10H2,(H,12,13)(H,14,15)(H,16,17)/t5-,6-/m0/s1. The fraction of sp³-hybridized carbons (Fsp3) is 0.667. The number of hydrogen-bond acceptors (Lipinski definition) is 5. The lowest BCUT2D eigenvalue weighted by Crippen LogP contribution is -2.41. The monoisotopic (exact) mass is 248 g/mol. The van der Waals surface area contributed by atoms with E-state index < -0.39 is 30.0 Å². The molecule has 0 aliphatic heterocycles. The van der Waals surface area contributed by atoms with Gasteiger partial charge in [0.2, 0.25) is 0 Å². The Morgan fingerprint density at radius 2 is 1.65 bits per heavy atom. The number of nitrogens with two attached hydrogens (primary N) is 1. The van der Waals surface area contributed by atoms with E-state index in [0.717, 1.165) is 0 Å². The van der Waals surface area contributed by atoms with E-state index in [1.165, 1.54) is 0 Å². The average molecular weight is 248 g/mol. The first-order valence-corrected chi connectivity index (χ1v) is 5.01. The minimum Gasteiger partial charge on any atom is -0.481 e. The molecule has 0 radical (unpaired) electrons. The molecule has 0 amide bonds. The molecule has 0 aliphatic rings. The number of aliphatic carboxylic acids is 3. The van der Waals surface area contributed by atoms with Gasteiger partial charge in [-0.25, -0.2) is 0 Å². The molecule has 0 rings (SSSR count). The molecule has 2 atom stereocenters. The molecule has 8 heteroatoms. The van der Waals surface area contributed by atoms with E-state index in [1.54, 1.807) is 0 Å². The molecule has 0 fully saturated rings. The second-order valence-electron chi connectivity index (χ2n) is 3.51. The van der Waals surface area contributed by atoms with Gasteiger partial charge in [0, 0.05) is 6.42 Å². The van der Waals surface area contributed by atoms with Crippen molar-refractivity contribution in [3.05, 3.63) is 0 Å². The van der Waals surface area contributed by atoms with Crippen LogP contribution in [-0.2, 0) is 14.4 Å². The van der Waals surface area contributed by atoms with Gasteiger partial charge in [-0.15, -0.1) is 0 Å². The first-order chi connectivity index (χ1) is 7.84. The molecule has 0 aromatic heterocycles. The summed E-state index contributed by atoms with van der Waals surface area (Å²) in [5, 5.41) is 28.2. The molecule has 0 heterocycles. The van der Waals surface area contributed by atoms with E-state index in [-0.39, 0.29) is 25.8 Å². The van der Waals surface area contributed by atoms with Crippen LogP contribution in [0.1, 0.15) is 19.3 Å². The highest BCUT2D eigenvalue weighted by Gasteiger charge is 2.19. The molecule has 0 saturated heterocycles. The molecule has 0 spiro atoms. The van der Waals surface area contributed by atoms with E-state index >= 15 is 0 Å². The third-order valence-electron chi connectivity index (χ3n) is 2.11. The highest BCUT2D eigenvalue weighted by molar-refractivity contribution is 5.75. The highest BCUT2D eigenvalue weighted by atomic mass is 16.4. The lowest BCUT2D eigenvalue weighted by atomic mass is 10.1. The largest absolute Gasteiger partial charge is 0.481 e. The van der Waals surface area contributed by atoms with Crippen molar-refractivity contribution in [1.29, 1.82) is 0 Å². The van der Waals surface area contributed by atoms with Crippen LogP contribution in [0.5, 0.6) is 0 Å². The Hall–Kier alpha value is -1.67. The molecular formula is C9H16N2O6. The van der Waals surface area contributed by atoms with Crippen LogP contribution in [0.3, 0.4) is 0 Å². The molecule has 6 N–H and O–H groups in total. The maximum Gasteiger partial charge on any atom is 0.320 e. The van der Waals surface area contributed by atoms with Crippen molar-refractivity contribution in [2.24, 2.45) is 5.73 Å². The van der Waals surface area contributed by atoms with Gasteiger partial charge in [0.25, 0.3) is 0 Å². The van der Waals surface area contributed by atoms with Crippen LogP contribution in [0.2, 0.25) is 0 Å². The van der Waals surface area contributed by atoms with E-state index in [0.29, 0.717) is 0 Å². The van der Waals surface area contributed by atoms with Crippen LogP contribution in [-0.4, -0.2) is 51.9 Å². The molecule has 0 aromatic rings. The summed E-state index contributed by atoms with van der Waals surface area (Å²) in [6.07, 6.45) is -0.256. The second kappa shape index (κ2) is 7.58. The molecule has 0 saturated carbocycles. The summed E-state index contributed by atoms with van der Waals surface area (Å²) in [6.45, 7) is 0.101. The molecule has 0 aliphatic carbocycles. The number of rotatable bonds is 9. The summed E-state index contributed by atoms with van der Waals surface area (Å²) in [5.41, 5.74) is 5.22. The van der Waals surface area contributed by atoms with E-state index in [1.807, 2.05) is 0 Å². The fourth-order valence-electron chi connectivity index (χ4n) is 1.12. The molecule has 98 valence electrons. The van der Waals surface area contributed by atoms with Gasteiger partial charge in [0.15, 0.2) is 0 Å². The van der Waals surface area contributed by atoms with E-state index in [2.05, 4.69) is 5.32 Å². The number of carbonyl (C=O) groups is 3. The quantitative estimate of drug-likeness (QED) is 0.337. The first-order valence-electron chi connectivity index (χ1n) is 5.01. The maximum absolute atomic E-state index is 10.7. The third kappa shape index (κ3) is 7.25. The van der Waals surface area contributed by atoms with Gasteiger partial charge >= 0.3 is 17.9 Å². The number of carboxylic acids is 3. The SMILES string of the molecule is N[C@@H](CCN[C@@H](CCC(=O)O)C(=O)O)C(=O)O. The predicted molar refractivity (Wildman–Crippen MR) is 56.5 cm³/mol. The van der Waals surface area contributed by atoms with Gasteiger partial charge in [-0.05, 0) is 19.4 Å². The van der Waals surface area contributed by atoms with Crippen LogP contribution in [0.4, 0.5) is 0 Å². The smallest absolute Gasteiger partial charge is 0.320 e. The summed E-state index contributed by atoms with van der Waals surface area (Å²) < 4.78 is 0. The van der Waals surface area contributed by atoms with Crippen LogP contribution in [0.25, 0.3) is 0 Å². The molecule has 8 nitrogen and oxygen atoms in total. The predicted octanol–water partition coefficient (Wildman–Crippen LogP) is -1.30. The summed E-state index contributed by atoms with van der Waals surface area (Å²) in [4.78, 5) is 31.4. The van der Waals surface area contributed by atoms with Crippen molar-refractivity contribution >= 4 is 17.9 Å². The zero-order chi connectivity index (χ0) is 13.4. The zero-order valence-corrected chi connectivity index (χ0v) is 9.13. The van der Waals surface area contributed by atoms with Crippen LogP contribution in [0, 0.1) is 0 Å². The maximum atomic E-state index is 10.7. The minimum absolute atomic E-state index is 0.0625. The molecule has 0 aromatic carbocycles. The van der Waals surface area contributed by atoms with Crippen molar-refractivity contribution in [3.63, 3.8) is 0 Å². The van der Waals surface area contributed by atoms with Gasteiger partial charge in [-0.1, -0.05) is 0 Å². The number of carboxylic acid groups (broad SMARTS) is 3. The Morgan fingerprint density at radius 1 is 1.06 bits per heavy atom. The lowest BCUT2D eigenvalue weighted by Gasteiger charge is -2.14. The van der Waals surface area contributed by atoms with Crippen molar-refractivity contribution in [2.75, 3.05) is 6.54 Å². The summed E-state index contributed by atoms with van der Waals surface area (Å²) in [5.74, 6) is -3.42. The Kier molecular flexibility index (Phi) is 6.83. The van der Waals surface area contributed by atoms with Gasteiger partial charge in [-0.3, -0.25) is 14.4 Å². The third-order valence-corrected chi connectivity index (χ3v) is 2.11. The molecule has 0 bridgehead atoms. The van der Waals surface area contributed by atoms with Gasteiger partial charge in [-0.2, -0.15) is 0 Å². The lowest BCUT2D eigenvalue weighted by molar-refractivity contribution is -0.140. The molecule has 17 heavy (non-hydrogen) atoms. The Balaban J connectivity index is 3.97. The molecule has 0 unspecified atom stereocenters. The average Bonchev–Trinajstić information content (AvgIpc) is 2.21. The summed E-state index contributed by atoms with van der Waals surface area (Å²) >= 11 is 0. The fourth-order valence-corrected chi connectivity index (χ4v) is 1.12. The highest BCUT2D eigenvalue weighted by Crippen LogP contribution is 1.98. The van der Waals surface area contributed by atoms with Gasteiger partial charge in [0.1, 0.15) is 12.1 Å². The summed E-state index contributed by atoms with van der Waals surface area (Å²) in [7, 11) is 0. The van der Waals surface area contributed by atoms with E-state index in [9.17, 15) is 14.4 Å². The van der Waals surface area contributed by atoms with Crippen LogP contribution < -0.4 is 11.1 Å². The van der Waals surface area contributed by atoms with Crippen molar-refractivity contribution < 1.29 is 29.7 Å².